The Morgan fingerprint density at radius 1 is 0.490 bits per heavy atom. The fourth-order valence-electron chi connectivity index (χ4n) is 6.89. The van der Waals surface area contributed by atoms with Crippen molar-refractivity contribution >= 4 is 5.91 Å². The predicted molar refractivity (Wildman–Crippen MR) is 213 cm³/mol. The van der Waals surface area contributed by atoms with Crippen molar-refractivity contribution in [2.45, 2.75) is 257 Å². The van der Waals surface area contributed by atoms with Gasteiger partial charge in [0.25, 0.3) is 0 Å². The fourth-order valence-corrected chi connectivity index (χ4v) is 6.89. The van der Waals surface area contributed by atoms with Gasteiger partial charge in [-0.2, -0.15) is 0 Å². The molecule has 0 saturated heterocycles. The van der Waals surface area contributed by atoms with Crippen LogP contribution in [0.5, 0.6) is 0 Å². The standard InChI is InChI=1S/C44H87NO4/c1-3-5-7-9-11-13-15-17-19-20-21-22-23-25-27-29-31-33-35-37-39-43(48)44(49)45-41(40-46)42(47)38-36-34-32-30-28-26-24-18-16-14-12-10-8-6-4-2/h36,38,41-43,46-48H,3-35,37,39-40H2,1-2H3,(H,45,49). The van der Waals surface area contributed by atoms with Crippen molar-refractivity contribution < 1.29 is 20.1 Å². The second-order valence-corrected chi connectivity index (χ2v) is 15.3. The van der Waals surface area contributed by atoms with Crippen LogP contribution in [0.25, 0.3) is 0 Å². The van der Waals surface area contributed by atoms with E-state index in [4.69, 9.17) is 0 Å². The van der Waals surface area contributed by atoms with Gasteiger partial charge in [0.15, 0.2) is 0 Å². The maximum atomic E-state index is 12.5. The Morgan fingerprint density at radius 2 is 0.796 bits per heavy atom. The van der Waals surface area contributed by atoms with Gasteiger partial charge >= 0.3 is 0 Å². The van der Waals surface area contributed by atoms with Crippen LogP contribution in [-0.2, 0) is 4.79 Å². The molecule has 0 radical (unpaired) electrons. The van der Waals surface area contributed by atoms with Gasteiger partial charge in [0, 0.05) is 0 Å². The van der Waals surface area contributed by atoms with E-state index in [1.54, 1.807) is 6.08 Å². The molecule has 0 heterocycles. The minimum absolute atomic E-state index is 0.359. The molecule has 5 nitrogen and oxygen atoms in total. The fraction of sp³-hybridized carbons (Fsp3) is 0.932. The number of hydrogen-bond donors (Lipinski definition) is 4. The van der Waals surface area contributed by atoms with Crippen LogP contribution in [0.2, 0.25) is 0 Å². The topological polar surface area (TPSA) is 89.8 Å². The first-order valence-electron chi connectivity index (χ1n) is 22.0. The lowest BCUT2D eigenvalue weighted by molar-refractivity contribution is -0.131. The molecule has 0 fully saturated rings. The van der Waals surface area contributed by atoms with E-state index in [2.05, 4.69) is 19.2 Å². The number of hydrogen-bond acceptors (Lipinski definition) is 4. The van der Waals surface area contributed by atoms with E-state index in [1.165, 1.54) is 186 Å². The van der Waals surface area contributed by atoms with Crippen molar-refractivity contribution in [1.82, 2.24) is 5.32 Å². The monoisotopic (exact) mass is 694 g/mol. The molecule has 0 aliphatic rings. The Balaban J connectivity index is 3.63. The van der Waals surface area contributed by atoms with Gasteiger partial charge in [-0.25, -0.2) is 0 Å². The van der Waals surface area contributed by atoms with E-state index in [9.17, 15) is 20.1 Å². The predicted octanol–water partition coefficient (Wildman–Crippen LogP) is 12.4. The summed E-state index contributed by atoms with van der Waals surface area (Å²) in [6.07, 6.45) is 46.7. The van der Waals surface area contributed by atoms with Gasteiger partial charge in [-0.3, -0.25) is 4.79 Å². The van der Waals surface area contributed by atoms with Crippen LogP contribution >= 0.6 is 0 Å². The molecule has 5 heteroatoms. The zero-order valence-electron chi connectivity index (χ0n) is 33.1. The molecule has 0 aromatic rings. The molecule has 0 spiro atoms. The molecule has 292 valence electrons. The summed E-state index contributed by atoms with van der Waals surface area (Å²) < 4.78 is 0. The smallest absolute Gasteiger partial charge is 0.249 e. The third-order valence-electron chi connectivity index (χ3n) is 10.4. The average Bonchev–Trinajstić information content (AvgIpc) is 3.11. The lowest BCUT2D eigenvalue weighted by Gasteiger charge is -2.21. The lowest BCUT2D eigenvalue weighted by atomic mass is 10.0. The van der Waals surface area contributed by atoms with E-state index >= 15 is 0 Å². The van der Waals surface area contributed by atoms with Crippen LogP contribution < -0.4 is 5.32 Å². The largest absolute Gasteiger partial charge is 0.394 e. The highest BCUT2D eigenvalue weighted by atomic mass is 16.3. The Hall–Kier alpha value is -0.910. The first kappa shape index (κ1) is 48.1. The molecule has 0 aliphatic carbocycles. The van der Waals surface area contributed by atoms with Crippen molar-refractivity contribution in [3.63, 3.8) is 0 Å². The number of amides is 1. The molecule has 4 N–H and O–H groups in total. The molecule has 1 amide bonds. The maximum Gasteiger partial charge on any atom is 0.249 e. The van der Waals surface area contributed by atoms with Crippen LogP contribution in [0.3, 0.4) is 0 Å². The van der Waals surface area contributed by atoms with Crippen LogP contribution in [-0.4, -0.2) is 46.1 Å². The van der Waals surface area contributed by atoms with Gasteiger partial charge in [0.2, 0.25) is 5.91 Å². The Kier molecular flexibility index (Phi) is 39.1. The molecule has 0 aromatic carbocycles. The minimum Gasteiger partial charge on any atom is -0.394 e. The normalized spacial score (nSPS) is 13.7. The van der Waals surface area contributed by atoms with Crippen LogP contribution in [0.4, 0.5) is 0 Å². The Morgan fingerprint density at radius 3 is 1.12 bits per heavy atom. The van der Waals surface area contributed by atoms with Crippen molar-refractivity contribution in [1.29, 1.82) is 0 Å². The summed E-state index contributed by atoms with van der Waals surface area (Å²) >= 11 is 0. The summed E-state index contributed by atoms with van der Waals surface area (Å²) in [5.41, 5.74) is 0. The van der Waals surface area contributed by atoms with Crippen molar-refractivity contribution in [2.24, 2.45) is 0 Å². The zero-order chi connectivity index (χ0) is 35.9. The number of unbranched alkanes of at least 4 members (excludes halogenated alkanes) is 32. The quantitative estimate of drug-likeness (QED) is 0.0380. The number of carbonyl (C=O) groups is 1. The number of carbonyl (C=O) groups excluding carboxylic acids is 1. The third kappa shape index (κ3) is 35.3. The van der Waals surface area contributed by atoms with Crippen LogP contribution in [0, 0.1) is 0 Å². The van der Waals surface area contributed by atoms with Crippen molar-refractivity contribution in [3.8, 4) is 0 Å². The van der Waals surface area contributed by atoms with Crippen LogP contribution in [0.15, 0.2) is 12.2 Å². The molecule has 0 aliphatic heterocycles. The summed E-state index contributed by atoms with van der Waals surface area (Å²) in [5, 5.41) is 33.1. The molecule has 0 rings (SSSR count). The van der Waals surface area contributed by atoms with E-state index in [-0.39, 0.29) is 6.61 Å². The maximum absolute atomic E-state index is 12.5. The van der Waals surface area contributed by atoms with E-state index in [1.807, 2.05) is 6.08 Å². The van der Waals surface area contributed by atoms with E-state index in [0.29, 0.717) is 6.42 Å². The molecular formula is C44H87NO4. The SMILES string of the molecule is CCCCCCCCCCCCCCCC=CC(O)C(CO)NC(=O)C(O)CCCCCCCCCCCCCCCCCCCCCC. The molecule has 0 bridgehead atoms. The second kappa shape index (κ2) is 39.9. The zero-order valence-corrected chi connectivity index (χ0v) is 33.1. The van der Waals surface area contributed by atoms with Gasteiger partial charge in [0.05, 0.1) is 18.8 Å². The average molecular weight is 694 g/mol. The van der Waals surface area contributed by atoms with Gasteiger partial charge in [0.1, 0.15) is 6.10 Å². The summed E-state index contributed by atoms with van der Waals surface area (Å²) in [5.74, 6) is -0.499. The third-order valence-corrected chi connectivity index (χ3v) is 10.4. The number of rotatable bonds is 40. The molecule has 49 heavy (non-hydrogen) atoms. The molecular weight excluding hydrogens is 606 g/mol. The Labute approximate surface area is 306 Å². The highest BCUT2D eigenvalue weighted by Crippen LogP contribution is 2.16. The minimum atomic E-state index is -1.09. The van der Waals surface area contributed by atoms with Gasteiger partial charge < -0.3 is 20.6 Å². The van der Waals surface area contributed by atoms with Gasteiger partial charge in [-0.1, -0.05) is 231 Å². The highest BCUT2D eigenvalue weighted by Gasteiger charge is 2.22. The Bertz CT molecular complexity index is 684. The number of allylic oxidation sites excluding steroid dienone is 1. The summed E-state index contributed by atoms with van der Waals surface area (Å²) in [6, 6.07) is -0.792. The number of nitrogens with one attached hydrogen (secondary N) is 1. The van der Waals surface area contributed by atoms with E-state index in [0.717, 1.165) is 32.1 Å². The van der Waals surface area contributed by atoms with Gasteiger partial charge in [-0.05, 0) is 19.3 Å². The first-order valence-corrected chi connectivity index (χ1v) is 22.0. The van der Waals surface area contributed by atoms with Crippen LogP contribution in [0.1, 0.15) is 239 Å². The molecule has 0 aromatic heterocycles. The second-order valence-electron chi connectivity index (χ2n) is 15.3. The van der Waals surface area contributed by atoms with Crippen molar-refractivity contribution in [2.75, 3.05) is 6.61 Å². The molecule has 3 atom stereocenters. The summed E-state index contributed by atoms with van der Waals surface area (Å²) in [4.78, 5) is 12.5. The van der Waals surface area contributed by atoms with Crippen molar-refractivity contribution in [3.05, 3.63) is 12.2 Å². The van der Waals surface area contributed by atoms with E-state index < -0.39 is 24.2 Å². The summed E-state index contributed by atoms with van der Waals surface area (Å²) in [7, 11) is 0. The molecule has 0 saturated carbocycles. The highest BCUT2D eigenvalue weighted by molar-refractivity contribution is 5.80. The summed E-state index contributed by atoms with van der Waals surface area (Å²) in [6.45, 7) is 4.19. The lowest BCUT2D eigenvalue weighted by Crippen LogP contribution is -2.48. The number of aliphatic hydroxyl groups excluding tert-OH is 3. The first-order chi connectivity index (χ1) is 24.1. The molecule has 3 unspecified atom stereocenters. The van der Waals surface area contributed by atoms with Gasteiger partial charge in [-0.15, -0.1) is 0 Å². The number of aliphatic hydroxyl groups is 3.